The molecule has 2 nitrogen and oxygen atoms in total. The number of alkyl halides is 3. The molecular formula is C11H19F3N2. The van der Waals surface area contributed by atoms with Gasteiger partial charge in [0.1, 0.15) is 5.54 Å². The summed E-state index contributed by atoms with van der Waals surface area (Å²) in [7, 11) is 0. The molecule has 2 aliphatic heterocycles. The van der Waals surface area contributed by atoms with E-state index in [0.29, 0.717) is 13.1 Å². The molecule has 2 unspecified atom stereocenters. The van der Waals surface area contributed by atoms with Crippen molar-refractivity contribution in [2.45, 2.75) is 50.4 Å². The van der Waals surface area contributed by atoms with Crippen LogP contribution in [-0.4, -0.2) is 42.3 Å². The number of hydrogen-bond donors (Lipinski definition) is 1. The topological polar surface area (TPSA) is 15.3 Å². The van der Waals surface area contributed by atoms with Crippen molar-refractivity contribution in [1.29, 1.82) is 0 Å². The van der Waals surface area contributed by atoms with Gasteiger partial charge in [0.25, 0.3) is 0 Å². The van der Waals surface area contributed by atoms with Gasteiger partial charge in [-0.05, 0) is 38.8 Å². The lowest BCUT2D eigenvalue weighted by atomic mass is 9.82. The van der Waals surface area contributed by atoms with Crippen LogP contribution in [0.1, 0.15) is 32.6 Å². The molecule has 0 spiro atoms. The third kappa shape index (κ3) is 1.95. The van der Waals surface area contributed by atoms with Gasteiger partial charge in [0, 0.05) is 12.6 Å². The van der Waals surface area contributed by atoms with Crippen molar-refractivity contribution < 1.29 is 13.2 Å². The Bertz CT molecular complexity index is 254. The fraction of sp³-hybridized carbons (Fsp3) is 1.00. The van der Waals surface area contributed by atoms with Crippen LogP contribution in [0.2, 0.25) is 0 Å². The van der Waals surface area contributed by atoms with Crippen molar-refractivity contribution in [2.24, 2.45) is 0 Å². The molecule has 0 amide bonds. The number of hydrogen-bond acceptors (Lipinski definition) is 2. The Balaban J connectivity index is 2.15. The number of piperidine rings is 1. The first-order valence-electron chi connectivity index (χ1n) is 6.04. The zero-order valence-electron chi connectivity index (χ0n) is 9.61. The zero-order valence-corrected chi connectivity index (χ0v) is 9.61. The molecule has 2 rings (SSSR count). The molecular weight excluding hydrogens is 217 g/mol. The monoisotopic (exact) mass is 236 g/mol. The van der Waals surface area contributed by atoms with E-state index < -0.39 is 11.7 Å². The Morgan fingerprint density at radius 3 is 2.75 bits per heavy atom. The lowest BCUT2D eigenvalue weighted by Crippen LogP contribution is -2.63. The van der Waals surface area contributed by atoms with Crippen LogP contribution in [0, 0.1) is 0 Å². The summed E-state index contributed by atoms with van der Waals surface area (Å²) in [5.41, 5.74) is -1.63. The summed E-state index contributed by atoms with van der Waals surface area (Å²) in [5.74, 6) is 0. The van der Waals surface area contributed by atoms with Crippen molar-refractivity contribution in [3.63, 3.8) is 0 Å². The maximum absolute atomic E-state index is 13.2. The molecule has 0 aliphatic carbocycles. The Labute approximate surface area is 94.2 Å². The van der Waals surface area contributed by atoms with Crippen LogP contribution in [0.3, 0.4) is 0 Å². The molecule has 0 aromatic heterocycles. The molecule has 2 fully saturated rings. The SMILES string of the molecule is CCNC1(C(F)(F)F)CCN2CCCC2C1. The van der Waals surface area contributed by atoms with E-state index in [2.05, 4.69) is 10.2 Å². The molecule has 1 N–H and O–H groups in total. The normalized spacial score (nSPS) is 36.4. The zero-order chi connectivity index (χ0) is 11.8. The Morgan fingerprint density at radius 1 is 1.38 bits per heavy atom. The van der Waals surface area contributed by atoms with Crippen LogP contribution in [0.25, 0.3) is 0 Å². The highest BCUT2D eigenvalue weighted by Gasteiger charge is 2.57. The average molecular weight is 236 g/mol. The lowest BCUT2D eigenvalue weighted by Gasteiger charge is -2.45. The van der Waals surface area contributed by atoms with Crippen molar-refractivity contribution in [2.75, 3.05) is 19.6 Å². The molecule has 2 heterocycles. The van der Waals surface area contributed by atoms with Crippen molar-refractivity contribution in [3.05, 3.63) is 0 Å². The van der Waals surface area contributed by atoms with Crippen LogP contribution >= 0.6 is 0 Å². The molecule has 0 aromatic carbocycles. The van der Waals surface area contributed by atoms with Gasteiger partial charge in [0.2, 0.25) is 0 Å². The minimum absolute atomic E-state index is 0.134. The Morgan fingerprint density at radius 2 is 2.12 bits per heavy atom. The fourth-order valence-corrected chi connectivity index (χ4v) is 3.12. The van der Waals surface area contributed by atoms with Crippen LogP contribution in [0.5, 0.6) is 0 Å². The van der Waals surface area contributed by atoms with E-state index in [1.165, 1.54) is 0 Å². The van der Waals surface area contributed by atoms with Gasteiger partial charge in [-0.2, -0.15) is 13.2 Å². The van der Waals surface area contributed by atoms with E-state index in [0.717, 1.165) is 19.4 Å². The predicted molar refractivity (Wildman–Crippen MR) is 56.3 cm³/mol. The van der Waals surface area contributed by atoms with Gasteiger partial charge in [0.15, 0.2) is 0 Å². The number of rotatable bonds is 2. The minimum Gasteiger partial charge on any atom is -0.304 e. The molecule has 0 bridgehead atoms. The maximum Gasteiger partial charge on any atom is 0.406 e. The van der Waals surface area contributed by atoms with E-state index in [4.69, 9.17) is 0 Å². The molecule has 5 heteroatoms. The van der Waals surface area contributed by atoms with Gasteiger partial charge in [0.05, 0.1) is 0 Å². The molecule has 16 heavy (non-hydrogen) atoms. The third-order valence-corrected chi connectivity index (χ3v) is 3.97. The molecule has 2 saturated heterocycles. The highest BCUT2D eigenvalue weighted by Crippen LogP contribution is 2.42. The lowest BCUT2D eigenvalue weighted by molar-refractivity contribution is -0.211. The third-order valence-electron chi connectivity index (χ3n) is 3.97. The summed E-state index contributed by atoms with van der Waals surface area (Å²) in [6.45, 7) is 3.68. The largest absolute Gasteiger partial charge is 0.406 e. The first-order valence-corrected chi connectivity index (χ1v) is 6.04. The van der Waals surface area contributed by atoms with Gasteiger partial charge in [-0.25, -0.2) is 0 Å². The van der Waals surface area contributed by atoms with E-state index in [1.54, 1.807) is 6.92 Å². The van der Waals surface area contributed by atoms with Crippen LogP contribution in [0.4, 0.5) is 13.2 Å². The molecule has 2 atom stereocenters. The van der Waals surface area contributed by atoms with Crippen LogP contribution in [-0.2, 0) is 0 Å². The highest BCUT2D eigenvalue weighted by atomic mass is 19.4. The number of nitrogens with one attached hydrogen (secondary N) is 1. The van der Waals surface area contributed by atoms with Gasteiger partial charge in [-0.15, -0.1) is 0 Å². The summed E-state index contributed by atoms with van der Waals surface area (Å²) in [4.78, 5) is 2.21. The maximum atomic E-state index is 13.2. The average Bonchev–Trinajstić information content (AvgIpc) is 2.63. The first-order chi connectivity index (χ1) is 7.48. The Hall–Kier alpha value is -0.290. The highest BCUT2D eigenvalue weighted by molar-refractivity contribution is 5.03. The molecule has 0 aromatic rings. The summed E-state index contributed by atoms with van der Waals surface area (Å²) in [6, 6.07) is 0.134. The van der Waals surface area contributed by atoms with Crippen LogP contribution in [0.15, 0.2) is 0 Å². The molecule has 2 aliphatic rings. The summed E-state index contributed by atoms with van der Waals surface area (Å²) in [6.07, 6.45) is -1.74. The molecule has 94 valence electrons. The first kappa shape index (κ1) is 12.2. The second kappa shape index (κ2) is 4.18. The van der Waals surface area contributed by atoms with E-state index in [1.807, 2.05) is 0 Å². The van der Waals surface area contributed by atoms with Crippen molar-refractivity contribution in [1.82, 2.24) is 10.2 Å². The molecule has 0 saturated carbocycles. The van der Waals surface area contributed by atoms with Crippen molar-refractivity contribution in [3.8, 4) is 0 Å². The van der Waals surface area contributed by atoms with Gasteiger partial charge in [-0.3, -0.25) is 0 Å². The fourth-order valence-electron chi connectivity index (χ4n) is 3.12. The quantitative estimate of drug-likeness (QED) is 0.790. The molecule has 0 radical (unpaired) electrons. The summed E-state index contributed by atoms with van der Waals surface area (Å²) in [5, 5.41) is 2.70. The Kier molecular flexibility index (Phi) is 3.18. The smallest absolute Gasteiger partial charge is 0.304 e. The second-order valence-corrected chi connectivity index (χ2v) is 4.90. The van der Waals surface area contributed by atoms with E-state index >= 15 is 0 Å². The van der Waals surface area contributed by atoms with Gasteiger partial charge < -0.3 is 10.2 Å². The van der Waals surface area contributed by atoms with Crippen LogP contribution < -0.4 is 5.32 Å². The van der Waals surface area contributed by atoms with Gasteiger partial charge >= 0.3 is 6.18 Å². The number of halogens is 3. The van der Waals surface area contributed by atoms with Gasteiger partial charge in [-0.1, -0.05) is 6.92 Å². The second-order valence-electron chi connectivity index (χ2n) is 4.90. The number of nitrogens with zero attached hydrogens (tertiary/aromatic N) is 1. The summed E-state index contributed by atoms with van der Waals surface area (Å²) >= 11 is 0. The van der Waals surface area contributed by atoms with E-state index in [9.17, 15) is 13.2 Å². The predicted octanol–water partition coefficient (Wildman–Crippen LogP) is 2.16. The standard InChI is InChI=1S/C11H19F3N2/c1-2-15-10(11(12,13)14)5-7-16-6-3-4-9(16)8-10/h9,15H,2-8H2,1H3. The van der Waals surface area contributed by atoms with Crippen molar-refractivity contribution >= 4 is 0 Å². The summed E-state index contributed by atoms with van der Waals surface area (Å²) < 4.78 is 39.5. The number of fused-ring (bicyclic) bond motifs is 1. The van der Waals surface area contributed by atoms with E-state index in [-0.39, 0.29) is 18.9 Å². The minimum atomic E-state index is -4.13.